The van der Waals surface area contributed by atoms with E-state index in [9.17, 15) is 22.8 Å². The van der Waals surface area contributed by atoms with Gasteiger partial charge in [-0.25, -0.2) is 0 Å². The minimum atomic E-state index is -4.40. The first kappa shape index (κ1) is 33.7. The molecule has 1 saturated heterocycles. The quantitative estimate of drug-likeness (QED) is 0.204. The average molecular weight is 634 g/mol. The second kappa shape index (κ2) is 15.3. The van der Waals surface area contributed by atoms with Crippen LogP contribution in [0.25, 0.3) is 11.1 Å². The molecule has 246 valence electrons. The lowest BCUT2D eigenvalue weighted by Crippen LogP contribution is -2.45. The Balaban J connectivity index is 1.12. The van der Waals surface area contributed by atoms with Gasteiger partial charge in [-0.1, -0.05) is 68.8 Å². The Morgan fingerprint density at radius 1 is 0.848 bits per heavy atom. The summed E-state index contributed by atoms with van der Waals surface area (Å²) < 4.78 is 39.1. The number of unbranched alkanes of at least 4 members (excludes halogenated alkanes) is 1. The predicted octanol–water partition coefficient (Wildman–Crippen LogP) is 8.30. The molecule has 2 amide bonds. The van der Waals surface area contributed by atoms with Crippen molar-refractivity contribution in [3.63, 3.8) is 0 Å². The maximum atomic E-state index is 13.6. The molecule has 1 heterocycles. The fourth-order valence-corrected chi connectivity index (χ4v) is 6.71. The number of aryl methyl sites for hydroxylation is 2. The van der Waals surface area contributed by atoms with Crippen LogP contribution in [0.15, 0.2) is 66.7 Å². The molecule has 0 spiro atoms. The van der Waals surface area contributed by atoms with Gasteiger partial charge in [0.2, 0.25) is 5.91 Å². The third-order valence-corrected chi connectivity index (χ3v) is 9.68. The Labute approximate surface area is 271 Å². The molecule has 1 aliphatic carbocycles. The van der Waals surface area contributed by atoms with Crippen molar-refractivity contribution >= 4 is 17.5 Å². The monoisotopic (exact) mass is 633 g/mol. The molecular weight excluding hydrogens is 587 g/mol. The zero-order chi connectivity index (χ0) is 32.7. The highest BCUT2D eigenvalue weighted by atomic mass is 19.4. The third-order valence-electron chi connectivity index (χ3n) is 9.68. The maximum absolute atomic E-state index is 13.6. The summed E-state index contributed by atoms with van der Waals surface area (Å²) in [6.07, 6.45) is 4.16. The van der Waals surface area contributed by atoms with Crippen molar-refractivity contribution in [2.45, 2.75) is 83.9 Å². The summed E-state index contributed by atoms with van der Waals surface area (Å²) in [5, 5.41) is 3.17. The van der Waals surface area contributed by atoms with Gasteiger partial charge in [0.1, 0.15) is 0 Å². The fourth-order valence-electron chi connectivity index (χ4n) is 6.71. The summed E-state index contributed by atoms with van der Waals surface area (Å²) in [6.45, 7) is 7.79. The number of amides is 2. The number of hydrogen-bond donors (Lipinski definition) is 1. The van der Waals surface area contributed by atoms with E-state index in [1.807, 2.05) is 0 Å². The molecule has 8 heteroatoms. The SMILES string of the molecule is CCc1cccc(CC)c1N(CCCCN1CCC(NC(=O)c2ccccc2-c2ccc(C(F)(F)F)cc2)CC1)C(=O)C1CCC1. The van der Waals surface area contributed by atoms with Gasteiger partial charge in [0.25, 0.3) is 5.91 Å². The summed E-state index contributed by atoms with van der Waals surface area (Å²) in [7, 11) is 0. The number of nitrogens with zero attached hydrogens (tertiary/aromatic N) is 2. The number of benzene rings is 3. The molecule has 0 radical (unpaired) electrons. The molecule has 0 unspecified atom stereocenters. The molecule has 1 saturated carbocycles. The standard InChI is InChI=1S/C38H46F3N3O2/c1-3-27-11-9-12-28(4-2)35(27)44(37(46)30-13-10-14-30)24-8-7-23-43-25-21-32(22-26-43)42-36(45)34-16-6-5-15-33(34)29-17-19-31(20-18-29)38(39,40)41/h5-6,9,11-12,15-20,30,32H,3-4,7-8,10,13-14,21-26H2,1-2H3,(H,42,45). The van der Waals surface area contributed by atoms with Gasteiger partial charge in [-0.2, -0.15) is 13.2 Å². The topological polar surface area (TPSA) is 52.6 Å². The Morgan fingerprint density at radius 3 is 2.09 bits per heavy atom. The zero-order valence-electron chi connectivity index (χ0n) is 27.0. The number of rotatable bonds is 12. The van der Waals surface area contributed by atoms with Crippen LogP contribution >= 0.6 is 0 Å². The van der Waals surface area contributed by atoms with E-state index in [1.165, 1.54) is 23.3 Å². The van der Waals surface area contributed by atoms with E-state index in [1.54, 1.807) is 24.3 Å². The smallest absolute Gasteiger partial charge is 0.349 e. The van der Waals surface area contributed by atoms with Crippen LogP contribution in [0.2, 0.25) is 0 Å². The van der Waals surface area contributed by atoms with E-state index in [-0.39, 0.29) is 17.9 Å². The summed E-state index contributed by atoms with van der Waals surface area (Å²) in [5.74, 6) is 0.244. The third kappa shape index (κ3) is 8.00. The van der Waals surface area contributed by atoms with E-state index in [0.717, 1.165) is 102 Å². The molecule has 2 aliphatic rings. The van der Waals surface area contributed by atoms with Gasteiger partial charge in [0.05, 0.1) is 5.56 Å². The molecule has 0 bridgehead atoms. The second-order valence-corrected chi connectivity index (χ2v) is 12.7. The lowest BCUT2D eigenvalue weighted by Gasteiger charge is -2.35. The molecule has 1 N–H and O–H groups in total. The Bertz CT molecular complexity index is 1450. The van der Waals surface area contributed by atoms with Crippen LogP contribution in [0, 0.1) is 5.92 Å². The van der Waals surface area contributed by atoms with E-state index in [0.29, 0.717) is 22.6 Å². The first-order chi connectivity index (χ1) is 22.2. The number of carbonyl (C=O) groups excluding carboxylic acids is 2. The van der Waals surface area contributed by atoms with Gasteiger partial charge in [0, 0.05) is 42.8 Å². The van der Waals surface area contributed by atoms with Crippen LogP contribution in [-0.2, 0) is 23.8 Å². The first-order valence-electron chi connectivity index (χ1n) is 16.9. The van der Waals surface area contributed by atoms with Crippen LogP contribution in [0.1, 0.15) is 85.8 Å². The molecule has 3 aromatic carbocycles. The lowest BCUT2D eigenvalue weighted by molar-refractivity contribution is -0.137. The number of hydrogen-bond acceptors (Lipinski definition) is 3. The van der Waals surface area contributed by atoms with Gasteiger partial charge in [-0.3, -0.25) is 9.59 Å². The number of anilines is 1. The number of nitrogens with one attached hydrogen (secondary N) is 1. The molecule has 3 aromatic rings. The van der Waals surface area contributed by atoms with Crippen molar-refractivity contribution in [1.82, 2.24) is 10.2 Å². The average Bonchev–Trinajstić information content (AvgIpc) is 3.04. The Morgan fingerprint density at radius 2 is 1.50 bits per heavy atom. The van der Waals surface area contributed by atoms with Crippen LogP contribution in [-0.4, -0.2) is 48.9 Å². The summed E-state index contributed by atoms with van der Waals surface area (Å²) in [4.78, 5) is 31.4. The molecule has 5 rings (SSSR count). The van der Waals surface area contributed by atoms with Crippen molar-refractivity contribution in [2.75, 3.05) is 31.1 Å². The van der Waals surface area contributed by atoms with Gasteiger partial charge in [0.15, 0.2) is 0 Å². The number of halogens is 3. The minimum Gasteiger partial charge on any atom is -0.349 e. The van der Waals surface area contributed by atoms with Crippen molar-refractivity contribution in [3.8, 4) is 11.1 Å². The van der Waals surface area contributed by atoms with E-state index < -0.39 is 11.7 Å². The van der Waals surface area contributed by atoms with Gasteiger partial charge < -0.3 is 15.1 Å². The molecule has 0 aromatic heterocycles. The highest BCUT2D eigenvalue weighted by Gasteiger charge is 2.32. The van der Waals surface area contributed by atoms with Gasteiger partial charge >= 0.3 is 6.18 Å². The normalized spacial score (nSPS) is 16.2. The molecule has 2 fully saturated rings. The number of para-hydroxylation sites is 1. The number of piperidine rings is 1. The minimum absolute atomic E-state index is 0.0398. The molecular formula is C38H46F3N3O2. The first-order valence-corrected chi connectivity index (χ1v) is 16.9. The number of carbonyl (C=O) groups is 2. The van der Waals surface area contributed by atoms with E-state index in [4.69, 9.17) is 0 Å². The Kier molecular flexibility index (Phi) is 11.2. The largest absolute Gasteiger partial charge is 0.416 e. The summed E-state index contributed by atoms with van der Waals surface area (Å²) >= 11 is 0. The van der Waals surface area contributed by atoms with Crippen LogP contribution in [0.5, 0.6) is 0 Å². The van der Waals surface area contributed by atoms with Crippen LogP contribution in [0.3, 0.4) is 0 Å². The maximum Gasteiger partial charge on any atom is 0.416 e. The van der Waals surface area contributed by atoms with Crippen molar-refractivity contribution in [3.05, 3.63) is 89.0 Å². The fraction of sp³-hybridized carbons (Fsp3) is 0.474. The van der Waals surface area contributed by atoms with Gasteiger partial charge in [-0.05, 0) is 98.4 Å². The summed E-state index contributed by atoms with van der Waals surface area (Å²) in [6, 6.07) is 18.5. The highest BCUT2D eigenvalue weighted by molar-refractivity contribution is 6.01. The van der Waals surface area contributed by atoms with Crippen LogP contribution in [0.4, 0.5) is 18.9 Å². The van der Waals surface area contributed by atoms with E-state index >= 15 is 0 Å². The second-order valence-electron chi connectivity index (χ2n) is 12.7. The summed E-state index contributed by atoms with van der Waals surface area (Å²) in [5.41, 5.74) is 4.57. The predicted molar refractivity (Wildman–Crippen MR) is 178 cm³/mol. The van der Waals surface area contributed by atoms with Crippen molar-refractivity contribution < 1.29 is 22.8 Å². The highest BCUT2D eigenvalue weighted by Crippen LogP contribution is 2.35. The molecule has 1 aliphatic heterocycles. The van der Waals surface area contributed by atoms with Crippen LogP contribution < -0.4 is 10.2 Å². The van der Waals surface area contributed by atoms with Crippen molar-refractivity contribution in [2.24, 2.45) is 5.92 Å². The lowest BCUT2D eigenvalue weighted by atomic mass is 9.84. The molecule has 46 heavy (non-hydrogen) atoms. The number of likely N-dealkylation sites (tertiary alicyclic amines) is 1. The Hall–Kier alpha value is -3.65. The zero-order valence-corrected chi connectivity index (χ0v) is 27.0. The molecule has 5 nitrogen and oxygen atoms in total. The number of alkyl halides is 3. The van der Waals surface area contributed by atoms with Crippen molar-refractivity contribution in [1.29, 1.82) is 0 Å². The molecule has 0 atom stereocenters. The van der Waals surface area contributed by atoms with E-state index in [2.05, 4.69) is 47.2 Å². The van der Waals surface area contributed by atoms with Gasteiger partial charge in [-0.15, -0.1) is 0 Å².